The molecule has 0 heterocycles. The molecule has 1 aromatic carbocycles. The molecule has 1 N–H and O–H groups in total. The maximum absolute atomic E-state index is 9.56. The van der Waals surface area contributed by atoms with Crippen LogP contribution < -0.4 is 4.74 Å². The van der Waals surface area contributed by atoms with Crippen molar-refractivity contribution in [2.45, 2.75) is 46.1 Å². The Balaban J connectivity index is 2.40. The fraction of sp³-hybridized carbons (Fsp3) is 0.571. The molecule has 0 aliphatic heterocycles. The van der Waals surface area contributed by atoms with E-state index < -0.39 is 5.60 Å². The van der Waals surface area contributed by atoms with Gasteiger partial charge in [-0.1, -0.05) is 12.1 Å². The standard InChI is InChI=1S/C14H22O2/c1-11-6-7-12(2)13(10-11)16-9-5-8-14(3,4)15/h6-7,10,15H,5,8-9H2,1-4H3. The monoisotopic (exact) mass is 222 g/mol. The summed E-state index contributed by atoms with van der Waals surface area (Å²) >= 11 is 0. The highest BCUT2D eigenvalue weighted by Crippen LogP contribution is 2.20. The summed E-state index contributed by atoms with van der Waals surface area (Å²) in [5.74, 6) is 0.954. The van der Waals surface area contributed by atoms with Crippen LogP contribution in [0.2, 0.25) is 0 Å². The normalized spacial score (nSPS) is 11.6. The van der Waals surface area contributed by atoms with Gasteiger partial charge in [0.15, 0.2) is 0 Å². The van der Waals surface area contributed by atoms with E-state index in [0.717, 1.165) is 24.2 Å². The highest BCUT2D eigenvalue weighted by atomic mass is 16.5. The number of hydrogen-bond acceptors (Lipinski definition) is 2. The third-order valence-corrected chi connectivity index (χ3v) is 2.53. The zero-order valence-electron chi connectivity index (χ0n) is 10.7. The number of aryl methyl sites for hydroxylation is 2. The molecular formula is C14H22O2. The summed E-state index contributed by atoms with van der Waals surface area (Å²) in [5.41, 5.74) is 1.78. The molecule has 0 atom stereocenters. The lowest BCUT2D eigenvalue weighted by atomic mass is 10.0. The Morgan fingerprint density at radius 3 is 2.56 bits per heavy atom. The molecule has 2 nitrogen and oxygen atoms in total. The Bertz CT molecular complexity index is 337. The van der Waals surface area contributed by atoms with E-state index in [4.69, 9.17) is 4.74 Å². The molecule has 0 aliphatic carbocycles. The van der Waals surface area contributed by atoms with Crippen LogP contribution in [0.25, 0.3) is 0 Å². The molecule has 0 aromatic heterocycles. The van der Waals surface area contributed by atoms with Gasteiger partial charge in [0.2, 0.25) is 0 Å². The molecule has 0 radical (unpaired) electrons. The maximum Gasteiger partial charge on any atom is 0.122 e. The van der Waals surface area contributed by atoms with Crippen LogP contribution in [-0.2, 0) is 0 Å². The van der Waals surface area contributed by atoms with E-state index in [1.54, 1.807) is 0 Å². The second-order valence-corrected chi connectivity index (χ2v) is 5.03. The van der Waals surface area contributed by atoms with Gasteiger partial charge in [0.05, 0.1) is 12.2 Å². The highest BCUT2D eigenvalue weighted by Gasteiger charge is 2.11. The fourth-order valence-electron chi connectivity index (χ4n) is 1.55. The quantitative estimate of drug-likeness (QED) is 0.775. The Kier molecular flexibility index (Phi) is 4.36. The van der Waals surface area contributed by atoms with Crippen molar-refractivity contribution < 1.29 is 9.84 Å². The minimum atomic E-state index is -0.592. The summed E-state index contributed by atoms with van der Waals surface area (Å²) in [6.07, 6.45) is 1.63. The molecule has 0 spiro atoms. The zero-order valence-corrected chi connectivity index (χ0v) is 10.7. The van der Waals surface area contributed by atoms with Crippen molar-refractivity contribution in [2.24, 2.45) is 0 Å². The minimum Gasteiger partial charge on any atom is -0.493 e. The molecule has 90 valence electrons. The number of hydrogen-bond donors (Lipinski definition) is 1. The van der Waals surface area contributed by atoms with Gasteiger partial charge in [-0.3, -0.25) is 0 Å². The van der Waals surface area contributed by atoms with Crippen LogP contribution in [0.4, 0.5) is 0 Å². The summed E-state index contributed by atoms with van der Waals surface area (Å²) in [6.45, 7) is 8.41. The first-order valence-corrected chi connectivity index (χ1v) is 5.81. The van der Waals surface area contributed by atoms with E-state index in [9.17, 15) is 5.11 Å². The summed E-state index contributed by atoms with van der Waals surface area (Å²) in [4.78, 5) is 0. The van der Waals surface area contributed by atoms with Crippen molar-refractivity contribution in [3.05, 3.63) is 29.3 Å². The van der Waals surface area contributed by atoms with Gasteiger partial charge in [0, 0.05) is 0 Å². The van der Waals surface area contributed by atoms with Gasteiger partial charge in [0.25, 0.3) is 0 Å². The molecule has 0 bridgehead atoms. The second-order valence-electron chi connectivity index (χ2n) is 5.03. The lowest BCUT2D eigenvalue weighted by Crippen LogP contribution is -2.19. The van der Waals surface area contributed by atoms with Crippen LogP contribution in [-0.4, -0.2) is 17.3 Å². The predicted octanol–water partition coefficient (Wildman–Crippen LogP) is 3.23. The average molecular weight is 222 g/mol. The Hall–Kier alpha value is -1.02. The third-order valence-electron chi connectivity index (χ3n) is 2.53. The number of ether oxygens (including phenoxy) is 1. The molecule has 0 unspecified atom stereocenters. The lowest BCUT2D eigenvalue weighted by Gasteiger charge is -2.17. The first-order chi connectivity index (χ1) is 7.38. The summed E-state index contributed by atoms with van der Waals surface area (Å²) < 4.78 is 5.70. The van der Waals surface area contributed by atoms with E-state index >= 15 is 0 Å². The summed E-state index contributed by atoms with van der Waals surface area (Å²) in [5, 5.41) is 9.56. The van der Waals surface area contributed by atoms with E-state index in [1.807, 2.05) is 20.8 Å². The fourth-order valence-corrected chi connectivity index (χ4v) is 1.55. The largest absolute Gasteiger partial charge is 0.493 e. The molecule has 0 amide bonds. The van der Waals surface area contributed by atoms with Crippen LogP contribution in [0.5, 0.6) is 5.75 Å². The van der Waals surface area contributed by atoms with Crippen molar-refractivity contribution in [3.8, 4) is 5.75 Å². The molecule has 0 saturated carbocycles. The Labute approximate surface area is 98.3 Å². The van der Waals surface area contributed by atoms with Gasteiger partial charge in [-0.2, -0.15) is 0 Å². The highest BCUT2D eigenvalue weighted by molar-refractivity contribution is 5.35. The molecule has 0 fully saturated rings. The van der Waals surface area contributed by atoms with Crippen LogP contribution in [0.3, 0.4) is 0 Å². The van der Waals surface area contributed by atoms with Crippen molar-refractivity contribution >= 4 is 0 Å². The van der Waals surface area contributed by atoms with E-state index in [0.29, 0.717) is 6.61 Å². The first-order valence-electron chi connectivity index (χ1n) is 5.81. The van der Waals surface area contributed by atoms with Crippen molar-refractivity contribution in [1.82, 2.24) is 0 Å². The van der Waals surface area contributed by atoms with Crippen LogP contribution in [0.15, 0.2) is 18.2 Å². The van der Waals surface area contributed by atoms with Gasteiger partial charge in [-0.25, -0.2) is 0 Å². The van der Waals surface area contributed by atoms with Gasteiger partial charge in [-0.15, -0.1) is 0 Å². The topological polar surface area (TPSA) is 29.5 Å². The molecule has 2 heteroatoms. The molecule has 0 saturated heterocycles. The van der Waals surface area contributed by atoms with Crippen LogP contribution in [0.1, 0.15) is 37.8 Å². The molecular weight excluding hydrogens is 200 g/mol. The van der Waals surface area contributed by atoms with Gasteiger partial charge >= 0.3 is 0 Å². The van der Waals surface area contributed by atoms with Gasteiger partial charge in [0.1, 0.15) is 5.75 Å². The van der Waals surface area contributed by atoms with E-state index in [2.05, 4.69) is 25.1 Å². The van der Waals surface area contributed by atoms with Crippen molar-refractivity contribution in [3.63, 3.8) is 0 Å². The first kappa shape index (κ1) is 13.0. The lowest BCUT2D eigenvalue weighted by molar-refractivity contribution is 0.0641. The molecule has 1 rings (SSSR count). The zero-order chi connectivity index (χ0) is 12.2. The SMILES string of the molecule is Cc1ccc(C)c(OCCCC(C)(C)O)c1. The van der Waals surface area contributed by atoms with Crippen molar-refractivity contribution in [2.75, 3.05) is 6.61 Å². The molecule has 16 heavy (non-hydrogen) atoms. The van der Waals surface area contributed by atoms with Gasteiger partial charge < -0.3 is 9.84 Å². The van der Waals surface area contributed by atoms with Crippen LogP contribution >= 0.6 is 0 Å². The van der Waals surface area contributed by atoms with Crippen molar-refractivity contribution in [1.29, 1.82) is 0 Å². The van der Waals surface area contributed by atoms with E-state index in [1.165, 1.54) is 5.56 Å². The average Bonchev–Trinajstić information content (AvgIpc) is 2.16. The number of benzene rings is 1. The van der Waals surface area contributed by atoms with Crippen LogP contribution in [0, 0.1) is 13.8 Å². The Morgan fingerprint density at radius 1 is 1.25 bits per heavy atom. The minimum absolute atomic E-state index is 0.592. The summed E-state index contributed by atoms with van der Waals surface area (Å²) in [6, 6.07) is 6.21. The smallest absolute Gasteiger partial charge is 0.122 e. The predicted molar refractivity (Wildman–Crippen MR) is 66.9 cm³/mol. The Morgan fingerprint density at radius 2 is 1.94 bits per heavy atom. The molecule has 0 aliphatic rings. The number of rotatable bonds is 5. The maximum atomic E-state index is 9.56. The number of aliphatic hydroxyl groups is 1. The summed E-state index contributed by atoms with van der Waals surface area (Å²) in [7, 11) is 0. The molecule has 1 aromatic rings. The van der Waals surface area contributed by atoms with E-state index in [-0.39, 0.29) is 0 Å². The third kappa shape index (κ3) is 4.67. The van der Waals surface area contributed by atoms with Gasteiger partial charge in [-0.05, 0) is 57.7 Å². The second kappa shape index (κ2) is 5.35.